The van der Waals surface area contributed by atoms with Crippen LogP contribution in [0.4, 0.5) is 8.78 Å². The van der Waals surface area contributed by atoms with Crippen LogP contribution in [0.3, 0.4) is 0 Å². The molecule has 0 aromatic carbocycles. The highest BCUT2D eigenvalue weighted by Crippen LogP contribution is 2.02. The molecule has 0 fully saturated rings. The number of hydrogen-bond donors (Lipinski definition) is 1. The molecular formula is C6H9F2NO. The highest BCUT2D eigenvalue weighted by molar-refractivity contribution is 5.12. The third kappa shape index (κ3) is 5.08. The minimum absolute atomic E-state index is 0.317. The number of halogens is 2. The summed E-state index contributed by atoms with van der Waals surface area (Å²) in [5, 5.41) is 0. The van der Waals surface area contributed by atoms with Crippen molar-refractivity contribution in [3.8, 4) is 0 Å². The second-order valence-electron chi connectivity index (χ2n) is 1.77. The lowest BCUT2D eigenvalue weighted by Crippen LogP contribution is -2.07. The lowest BCUT2D eigenvalue weighted by molar-refractivity contribution is -0.0968. The van der Waals surface area contributed by atoms with Gasteiger partial charge >= 0.3 is 6.61 Å². The molecule has 0 amide bonds. The van der Waals surface area contributed by atoms with E-state index in [9.17, 15) is 8.78 Å². The predicted octanol–water partition coefficient (Wildman–Crippen LogP) is 1.60. The van der Waals surface area contributed by atoms with E-state index >= 15 is 0 Å². The fraction of sp³-hybridized carbons (Fsp3) is 0.333. The number of ether oxygens (including phenoxy) is 1. The molecular weight excluding hydrogens is 140 g/mol. The van der Waals surface area contributed by atoms with Crippen LogP contribution < -0.4 is 5.73 Å². The second-order valence-corrected chi connectivity index (χ2v) is 1.77. The molecule has 2 N–H and O–H groups in total. The summed E-state index contributed by atoms with van der Waals surface area (Å²) >= 11 is 0. The first-order valence-corrected chi connectivity index (χ1v) is 2.60. The lowest BCUT2D eigenvalue weighted by atomic mass is 10.3. The summed E-state index contributed by atoms with van der Waals surface area (Å²) in [4.78, 5) is 0. The first-order chi connectivity index (χ1) is 4.52. The summed E-state index contributed by atoms with van der Waals surface area (Å²) < 4.78 is 26.5. The van der Waals surface area contributed by atoms with Gasteiger partial charge < -0.3 is 10.5 Å². The van der Waals surface area contributed by atoms with Crippen molar-refractivity contribution in [2.45, 2.75) is 13.5 Å². The van der Waals surface area contributed by atoms with E-state index in [1.807, 2.05) is 0 Å². The first kappa shape index (κ1) is 8.94. The van der Waals surface area contributed by atoms with Gasteiger partial charge in [-0.1, -0.05) is 12.2 Å². The predicted molar refractivity (Wildman–Crippen MR) is 34.2 cm³/mol. The zero-order valence-electron chi connectivity index (χ0n) is 5.60. The molecule has 0 radical (unpaired) electrons. The van der Waals surface area contributed by atoms with Gasteiger partial charge in [0.05, 0.1) is 0 Å². The van der Waals surface area contributed by atoms with Crippen molar-refractivity contribution in [1.82, 2.24) is 0 Å². The van der Waals surface area contributed by atoms with E-state index in [0.29, 0.717) is 5.57 Å². The normalized spacial score (nSPS) is 11.8. The molecule has 0 aliphatic carbocycles. The molecule has 2 nitrogen and oxygen atoms in total. The number of nitrogens with two attached hydrogens (primary N) is 1. The van der Waals surface area contributed by atoms with Gasteiger partial charge in [0.1, 0.15) is 0 Å². The zero-order chi connectivity index (χ0) is 8.15. The molecule has 0 aliphatic heterocycles. The molecule has 0 rings (SSSR count). The van der Waals surface area contributed by atoms with Gasteiger partial charge in [-0.15, -0.1) is 0 Å². The third-order valence-corrected chi connectivity index (χ3v) is 0.614. The third-order valence-electron chi connectivity index (χ3n) is 0.614. The van der Waals surface area contributed by atoms with Crippen molar-refractivity contribution in [2.75, 3.05) is 0 Å². The Kier molecular flexibility index (Phi) is 3.46. The lowest BCUT2D eigenvalue weighted by Gasteiger charge is -2.02. The Bertz CT molecular complexity index is 154. The fourth-order valence-electron chi connectivity index (χ4n) is 0.380. The van der Waals surface area contributed by atoms with Crippen molar-refractivity contribution in [3.05, 3.63) is 24.1 Å². The molecule has 4 heteroatoms. The number of rotatable bonds is 3. The molecule has 0 aliphatic rings. The molecule has 0 saturated carbocycles. The van der Waals surface area contributed by atoms with Gasteiger partial charge in [-0.25, -0.2) is 0 Å². The van der Waals surface area contributed by atoms with Gasteiger partial charge in [-0.2, -0.15) is 8.78 Å². The van der Waals surface area contributed by atoms with Crippen molar-refractivity contribution < 1.29 is 13.5 Å². The minimum Gasteiger partial charge on any atom is -0.420 e. The maximum Gasteiger partial charge on any atom is 0.388 e. The van der Waals surface area contributed by atoms with Crippen LogP contribution in [0.15, 0.2) is 24.1 Å². The molecule has 0 aromatic rings. The van der Waals surface area contributed by atoms with Crippen LogP contribution >= 0.6 is 0 Å². The summed E-state index contributed by atoms with van der Waals surface area (Å²) in [6.07, 6.45) is 1.23. The smallest absolute Gasteiger partial charge is 0.388 e. The minimum atomic E-state index is -2.87. The molecule has 10 heavy (non-hydrogen) atoms. The highest BCUT2D eigenvalue weighted by atomic mass is 19.3. The summed E-state index contributed by atoms with van der Waals surface area (Å²) in [7, 11) is 0. The van der Waals surface area contributed by atoms with Crippen LogP contribution in [-0.2, 0) is 4.74 Å². The standard InChI is InChI=1S/C6H9F2NO/c1-4(2)3-5(9)10-6(7)8/h3,6H,1,9H2,2H3/b5-3+. The largest absolute Gasteiger partial charge is 0.420 e. The monoisotopic (exact) mass is 149 g/mol. The van der Waals surface area contributed by atoms with E-state index in [0.717, 1.165) is 0 Å². The van der Waals surface area contributed by atoms with Crippen LogP contribution in [0.2, 0.25) is 0 Å². The van der Waals surface area contributed by atoms with Crippen molar-refractivity contribution >= 4 is 0 Å². The summed E-state index contributed by atoms with van der Waals surface area (Å²) in [5.74, 6) is -0.317. The summed E-state index contributed by atoms with van der Waals surface area (Å²) in [5.41, 5.74) is 5.54. The highest BCUT2D eigenvalue weighted by Gasteiger charge is 2.01. The van der Waals surface area contributed by atoms with Gasteiger partial charge in [0.2, 0.25) is 0 Å². The van der Waals surface area contributed by atoms with E-state index in [4.69, 9.17) is 5.73 Å². The maximum atomic E-state index is 11.4. The molecule has 58 valence electrons. The molecule has 0 saturated heterocycles. The quantitative estimate of drug-likeness (QED) is 0.488. The molecule has 0 atom stereocenters. The molecule has 0 aromatic heterocycles. The molecule has 0 spiro atoms. The topological polar surface area (TPSA) is 35.2 Å². The SMILES string of the molecule is C=C(C)/C=C(\N)OC(F)F. The Balaban J connectivity index is 3.83. The van der Waals surface area contributed by atoms with E-state index in [-0.39, 0.29) is 5.88 Å². The van der Waals surface area contributed by atoms with Crippen LogP contribution in [0, 0.1) is 0 Å². The van der Waals surface area contributed by atoms with Crippen molar-refractivity contribution in [1.29, 1.82) is 0 Å². The van der Waals surface area contributed by atoms with E-state index < -0.39 is 6.61 Å². The molecule has 0 heterocycles. The Morgan fingerprint density at radius 3 is 2.50 bits per heavy atom. The number of alkyl halides is 2. The Hall–Kier alpha value is -1.06. The van der Waals surface area contributed by atoms with E-state index in [2.05, 4.69) is 11.3 Å². The summed E-state index contributed by atoms with van der Waals surface area (Å²) in [6.45, 7) is 2.18. The van der Waals surface area contributed by atoms with Gasteiger partial charge in [0.25, 0.3) is 0 Å². The maximum absolute atomic E-state index is 11.4. The number of allylic oxidation sites excluding steroid dienone is 2. The molecule has 0 bridgehead atoms. The van der Waals surface area contributed by atoms with Crippen LogP contribution in [-0.4, -0.2) is 6.61 Å². The average molecular weight is 149 g/mol. The number of hydrogen-bond acceptors (Lipinski definition) is 2. The summed E-state index contributed by atoms with van der Waals surface area (Å²) in [6, 6.07) is 0. The molecule has 0 unspecified atom stereocenters. The van der Waals surface area contributed by atoms with Gasteiger partial charge in [-0.3, -0.25) is 0 Å². The second kappa shape index (κ2) is 3.87. The van der Waals surface area contributed by atoms with E-state index in [1.165, 1.54) is 6.08 Å². The zero-order valence-corrected chi connectivity index (χ0v) is 5.60. The van der Waals surface area contributed by atoms with Gasteiger partial charge in [0, 0.05) is 6.08 Å². The van der Waals surface area contributed by atoms with Gasteiger partial charge in [-0.05, 0) is 6.92 Å². The van der Waals surface area contributed by atoms with Crippen LogP contribution in [0.25, 0.3) is 0 Å². The Labute approximate surface area is 58.0 Å². The Morgan fingerprint density at radius 1 is 1.70 bits per heavy atom. The van der Waals surface area contributed by atoms with Crippen molar-refractivity contribution in [3.63, 3.8) is 0 Å². The fourth-order valence-corrected chi connectivity index (χ4v) is 0.380. The van der Waals surface area contributed by atoms with E-state index in [1.54, 1.807) is 6.92 Å². The first-order valence-electron chi connectivity index (χ1n) is 2.60. The van der Waals surface area contributed by atoms with Crippen LogP contribution in [0.5, 0.6) is 0 Å². The van der Waals surface area contributed by atoms with Gasteiger partial charge in [0.15, 0.2) is 5.88 Å². The Morgan fingerprint density at radius 2 is 2.20 bits per heavy atom. The van der Waals surface area contributed by atoms with Crippen molar-refractivity contribution in [2.24, 2.45) is 5.73 Å². The average Bonchev–Trinajstić information content (AvgIpc) is 1.58. The van der Waals surface area contributed by atoms with Crippen LogP contribution in [0.1, 0.15) is 6.92 Å².